The molecule has 0 aliphatic heterocycles. The Labute approximate surface area is 125 Å². The fourth-order valence-electron chi connectivity index (χ4n) is 1.85. The molecule has 0 N–H and O–H groups in total. The summed E-state index contributed by atoms with van der Waals surface area (Å²) in [5.41, 5.74) is 0. The summed E-state index contributed by atoms with van der Waals surface area (Å²) in [6.07, 6.45) is 0.994. The molecule has 0 bridgehead atoms. The van der Waals surface area contributed by atoms with Crippen molar-refractivity contribution in [2.24, 2.45) is 0 Å². The lowest BCUT2D eigenvalue weighted by molar-refractivity contribution is 0.114. The summed E-state index contributed by atoms with van der Waals surface area (Å²) in [7, 11) is 6.91. The number of hydrogen-bond donors (Lipinski definition) is 0. The maximum absolute atomic E-state index is 5.54. The molecular weight excluding hydrogens is 282 g/mol. The standard InChI is InChI=1S/C13H31NO5S/c1-15-10-8-14(9-11-16-2)7-6-12-20(18-4,19-5)13-17-3/h6-13H2,1-5H3. The summed E-state index contributed by atoms with van der Waals surface area (Å²) in [5.74, 6) is 1.38. The molecule has 0 heterocycles. The van der Waals surface area contributed by atoms with E-state index in [0.717, 1.165) is 45.0 Å². The Morgan fingerprint density at radius 1 is 0.750 bits per heavy atom. The lowest BCUT2D eigenvalue weighted by atomic mass is 10.4. The third kappa shape index (κ3) is 8.41. The SMILES string of the molecule is COCCN(CCCS(COC)(OC)OC)CCOC. The van der Waals surface area contributed by atoms with Crippen LogP contribution in [0, 0.1) is 0 Å². The van der Waals surface area contributed by atoms with Crippen molar-refractivity contribution in [3.8, 4) is 0 Å². The van der Waals surface area contributed by atoms with Crippen LogP contribution in [0.25, 0.3) is 0 Å². The van der Waals surface area contributed by atoms with Gasteiger partial charge in [0.05, 0.1) is 27.4 Å². The highest BCUT2D eigenvalue weighted by atomic mass is 32.3. The maximum Gasteiger partial charge on any atom is 0.135 e. The molecule has 0 aliphatic rings. The Bertz CT molecular complexity index is 209. The third-order valence-corrected chi connectivity index (χ3v) is 5.78. The number of rotatable bonds is 14. The molecule has 0 aliphatic carbocycles. The zero-order chi connectivity index (χ0) is 15.3. The Balaban J connectivity index is 4.16. The van der Waals surface area contributed by atoms with Crippen LogP contribution in [0.4, 0.5) is 0 Å². The second-order valence-electron chi connectivity index (χ2n) is 4.37. The van der Waals surface area contributed by atoms with Gasteiger partial charge >= 0.3 is 0 Å². The van der Waals surface area contributed by atoms with Crippen molar-refractivity contribution in [3.63, 3.8) is 0 Å². The molecule has 20 heavy (non-hydrogen) atoms. The quantitative estimate of drug-likeness (QED) is 0.484. The molecule has 0 amide bonds. The highest BCUT2D eigenvalue weighted by Gasteiger charge is 2.18. The smallest absolute Gasteiger partial charge is 0.135 e. The monoisotopic (exact) mass is 313 g/mol. The van der Waals surface area contributed by atoms with E-state index in [-0.39, 0.29) is 0 Å². The number of nitrogens with zero attached hydrogens (tertiary/aromatic N) is 1. The van der Waals surface area contributed by atoms with Crippen LogP contribution in [-0.4, -0.2) is 85.0 Å². The minimum absolute atomic E-state index is 0.510. The molecule has 0 spiro atoms. The minimum atomic E-state index is -1.57. The Morgan fingerprint density at radius 2 is 1.30 bits per heavy atom. The van der Waals surface area contributed by atoms with Gasteiger partial charge in [-0.05, 0) is 13.0 Å². The maximum atomic E-state index is 5.54. The first kappa shape index (κ1) is 20.1. The van der Waals surface area contributed by atoms with E-state index in [2.05, 4.69) is 4.90 Å². The van der Waals surface area contributed by atoms with Crippen molar-refractivity contribution < 1.29 is 22.6 Å². The van der Waals surface area contributed by atoms with Gasteiger partial charge in [0.1, 0.15) is 5.94 Å². The van der Waals surface area contributed by atoms with E-state index in [0.29, 0.717) is 5.94 Å². The van der Waals surface area contributed by atoms with Crippen molar-refractivity contribution in [1.82, 2.24) is 4.90 Å². The predicted molar refractivity (Wildman–Crippen MR) is 83.2 cm³/mol. The highest BCUT2D eigenvalue weighted by molar-refractivity contribution is 8.25. The normalized spacial score (nSPS) is 13.1. The molecule has 6 nitrogen and oxygen atoms in total. The molecule has 0 saturated carbocycles. The number of methoxy groups -OCH3 is 3. The molecule has 124 valence electrons. The fraction of sp³-hybridized carbons (Fsp3) is 1.00. The zero-order valence-electron chi connectivity index (χ0n) is 13.6. The molecule has 0 rings (SSSR count). The Kier molecular flexibility index (Phi) is 12.9. The molecule has 0 saturated heterocycles. The summed E-state index contributed by atoms with van der Waals surface area (Å²) in [5, 5.41) is 0. The third-order valence-electron chi connectivity index (χ3n) is 3.06. The lowest BCUT2D eigenvalue weighted by Gasteiger charge is -2.40. The average molecular weight is 313 g/mol. The van der Waals surface area contributed by atoms with E-state index >= 15 is 0 Å². The van der Waals surface area contributed by atoms with Crippen LogP contribution >= 0.6 is 10.6 Å². The molecule has 0 atom stereocenters. The molecule has 7 heteroatoms. The summed E-state index contributed by atoms with van der Waals surface area (Å²) in [6.45, 7) is 4.25. The van der Waals surface area contributed by atoms with Gasteiger partial charge in [-0.2, -0.15) is 10.6 Å². The van der Waals surface area contributed by atoms with E-state index in [4.69, 9.17) is 22.6 Å². The predicted octanol–water partition coefficient (Wildman–Crippen LogP) is 1.50. The molecule has 0 aromatic heterocycles. The van der Waals surface area contributed by atoms with Crippen LogP contribution in [0.15, 0.2) is 0 Å². The molecule has 0 aromatic carbocycles. The summed E-state index contributed by atoms with van der Waals surface area (Å²) < 4.78 is 26.6. The number of ether oxygens (including phenoxy) is 3. The first-order valence-corrected chi connectivity index (χ1v) is 8.59. The van der Waals surface area contributed by atoms with Crippen molar-refractivity contribution in [2.45, 2.75) is 6.42 Å². The lowest BCUT2D eigenvalue weighted by Crippen LogP contribution is -2.32. The molecule has 0 radical (unpaired) electrons. The summed E-state index contributed by atoms with van der Waals surface area (Å²) >= 11 is 0. The van der Waals surface area contributed by atoms with Crippen LogP contribution in [0.3, 0.4) is 0 Å². The Morgan fingerprint density at radius 3 is 1.70 bits per heavy atom. The number of hydrogen-bond acceptors (Lipinski definition) is 6. The van der Waals surface area contributed by atoms with E-state index in [9.17, 15) is 0 Å². The molecule has 0 aromatic rings. The van der Waals surface area contributed by atoms with Crippen molar-refractivity contribution >= 4 is 10.6 Å². The summed E-state index contributed by atoms with van der Waals surface area (Å²) in [6, 6.07) is 0. The van der Waals surface area contributed by atoms with Gasteiger partial charge in [0, 0.05) is 40.2 Å². The van der Waals surface area contributed by atoms with Crippen LogP contribution in [0.5, 0.6) is 0 Å². The van der Waals surface area contributed by atoms with Gasteiger partial charge < -0.3 is 14.2 Å². The molecule has 0 unspecified atom stereocenters. The van der Waals surface area contributed by atoms with Crippen LogP contribution < -0.4 is 0 Å². The van der Waals surface area contributed by atoms with Gasteiger partial charge in [0.2, 0.25) is 0 Å². The van der Waals surface area contributed by atoms with Gasteiger partial charge in [-0.1, -0.05) is 0 Å². The first-order valence-electron chi connectivity index (χ1n) is 6.77. The van der Waals surface area contributed by atoms with Crippen LogP contribution in [-0.2, 0) is 22.6 Å². The summed E-state index contributed by atoms with van der Waals surface area (Å²) in [4.78, 5) is 2.33. The average Bonchev–Trinajstić information content (AvgIpc) is 2.48. The van der Waals surface area contributed by atoms with E-state index < -0.39 is 10.6 Å². The second-order valence-corrected chi connectivity index (χ2v) is 7.17. The van der Waals surface area contributed by atoms with Gasteiger partial charge in [-0.25, -0.2) is 0 Å². The van der Waals surface area contributed by atoms with E-state index in [1.807, 2.05) is 0 Å². The van der Waals surface area contributed by atoms with Crippen LogP contribution in [0.1, 0.15) is 6.42 Å². The van der Waals surface area contributed by atoms with Gasteiger partial charge in [0.25, 0.3) is 0 Å². The zero-order valence-corrected chi connectivity index (χ0v) is 14.4. The van der Waals surface area contributed by atoms with Crippen molar-refractivity contribution in [1.29, 1.82) is 0 Å². The van der Waals surface area contributed by atoms with Crippen molar-refractivity contribution in [2.75, 3.05) is 80.1 Å². The van der Waals surface area contributed by atoms with Gasteiger partial charge in [-0.15, -0.1) is 0 Å². The first-order chi connectivity index (χ1) is 9.67. The topological polar surface area (TPSA) is 49.4 Å². The van der Waals surface area contributed by atoms with Crippen LogP contribution in [0.2, 0.25) is 0 Å². The highest BCUT2D eigenvalue weighted by Crippen LogP contribution is 2.49. The van der Waals surface area contributed by atoms with Gasteiger partial charge in [0.15, 0.2) is 0 Å². The fourth-order valence-corrected chi connectivity index (χ4v) is 3.56. The van der Waals surface area contributed by atoms with Crippen molar-refractivity contribution in [3.05, 3.63) is 0 Å². The van der Waals surface area contributed by atoms with Gasteiger partial charge in [-0.3, -0.25) is 13.3 Å². The van der Waals surface area contributed by atoms with E-state index in [1.165, 1.54) is 0 Å². The Hall–Kier alpha value is 0.110. The minimum Gasteiger partial charge on any atom is -0.383 e. The second kappa shape index (κ2) is 12.8. The largest absolute Gasteiger partial charge is 0.383 e. The van der Waals surface area contributed by atoms with E-state index in [1.54, 1.807) is 35.5 Å². The molecular formula is C13H31NO5S. The molecule has 0 fully saturated rings.